The Balaban J connectivity index is 1.41. The molecule has 2 aliphatic rings. The second-order valence-electron chi connectivity index (χ2n) is 7.03. The maximum Gasteiger partial charge on any atom is 0.338 e. The third-order valence-corrected chi connectivity index (χ3v) is 5.46. The van der Waals surface area contributed by atoms with Crippen molar-refractivity contribution in [3.63, 3.8) is 0 Å². The van der Waals surface area contributed by atoms with E-state index in [4.69, 9.17) is 4.74 Å². The number of anilines is 2. The second-order valence-corrected chi connectivity index (χ2v) is 7.94. The Morgan fingerprint density at radius 2 is 1.75 bits per heavy atom. The molecule has 0 spiro atoms. The van der Waals surface area contributed by atoms with E-state index < -0.39 is 35.8 Å². The van der Waals surface area contributed by atoms with Crippen LogP contribution in [0.3, 0.4) is 0 Å². The number of nitrogens with one attached hydrogen (secondary N) is 1. The van der Waals surface area contributed by atoms with Crippen LogP contribution in [0.25, 0.3) is 0 Å². The molecule has 164 valence electrons. The number of hydrogen-bond donors (Lipinski definition) is 1. The molecule has 32 heavy (non-hydrogen) atoms. The third-order valence-electron chi connectivity index (χ3n) is 4.93. The van der Waals surface area contributed by atoms with Crippen LogP contribution in [0, 0.1) is 0 Å². The van der Waals surface area contributed by atoms with Gasteiger partial charge in [-0.2, -0.15) is 5.11 Å². The number of benzene rings is 2. The van der Waals surface area contributed by atoms with Crippen molar-refractivity contribution in [2.24, 2.45) is 10.3 Å². The van der Waals surface area contributed by atoms with Gasteiger partial charge in [0.2, 0.25) is 5.91 Å². The van der Waals surface area contributed by atoms with E-state index in [0.717, 1.165) is 9.37 Å². The number of fused-ring (bicyclic) bond motifs is 1. The zero-order valence-corrected chi connectivity index (χ0v) is 18.5. The summed E-state index contributed by atoms with van der Waals surface area (Å²) in [5.74, 6) is -1.87. The van der Waals surface area contributed by atoms with Crippen molar-refractivity contribution in [2.75, 3.05) is 23.4 Å². The van der Waals surface area contributed by atoms with Crippen LogP contribution in [0.15, 0.2) is 63.3 Å². The summed E-state index contributed by atoms with van der Waals surface area (Å²) in [6.07, 6.45) is 0. The minimum absolute atomic E-state index is 0.266. The standard InChI is InChI=1S/C21H18BrN5O5/c1-2-32-21(31)12-3-7-14(8-4-12)23-16(28)11-26-18-17(24-25-26)19(29)27(20(18)30)15-9-5-13(22)6-10-15/h3-10,17-18H,2,11H2,1H3,(H,23,28)/t17-,18+/m1/s1. The lowest BCUT2D eigenvalue weighted by Gasteiger charge is -2.20. The molecule has 0 aliphatic carbocycles. The van der Waals surface area contributed by atoms with Gasteiger partial charge < -0.3 is 10.1 Å². The molecular weight excluding hydrogens is 482 g/mol. The molecule has 2 aromatic carbocycles. The van der Waals surface area contributed by atoms with Crippen LogP contribution in [0.1, 0.15) is 17.3 Å². The predicted octanol–water partition coefficient (Wildman–Crippen LogP) is 2.56. The summed E-state index contributed by atoms with van der Waals surface area (Å²) < 4.78 is 5.74. The lowest BCUT2D eigenvalue weighted by molar-refractivity contribution is -0.123. The van der Waals surface area contributed by atoms with Crippen LogP contribution >= 0.6 is 15.9 Å². The highest BCUT2D eigenvalue weighted by atomic mass is 79.9. The van der Waals surface area contributed by atoms with E-state index in [1.807, 2.05) is 0 Å². The predicted molar refractivity (Wildman–Crippen MR) is 117 cm³/mol. The highest BCUT2D eigenvalue weighted by Crippen LogP contribution is 2.32. The Bertz CT molecular complexity index is 1100. The van der Waals surface area contributed by atoms with Crippen molar-refractivity contribution in [2.45, 2.75) is 19.0 Å². The molecule has 2 heterocycles. The molecule has 4 rings (SSSR count). The van der Waals surface area contributed by atoms with Crippen LogP contribution in [0.4, 0.5) is 11.4 Å². The van der Waals surface area contributed by atoms with E-state index in [-0.39, 0.29) is 13.2 Å². The molecule has 1 saturated heterocycles. The van der Waals surface area contributed by atoms with Crippen molar-refractivity contribution >= 4 is 51.0 Å². The highest BCUT2D eigenvalue weighted by Gasteiger charge is 2.55. The molecule has 2 aromatic rings. The number of ether oxygens (including phenoxy) is 1. The maximum absolute atomic E-state index is 12.9. The number of rotatable bonds is 6. The van der Waals surface area contributed by atoms with Gasteiger partial charge in [0, 0.05) is 10.2 Å². The van der Waals surface area contributed by atoms with Gasteiger partial charge in [0.05, 0.1) is 17.9 Å². The van der Waals surface area contributed by atoms with Crippen molar-refractivity contribution in [1.29, 1.82) is 0 Å². The molecule has 0 radical (unpaired) electrons. The normalized spacial score (nSPS) is 19.3. The first-order valence-corrected chi connectivity index (χ1v) is 10.6. The zero-order chi connectivity index (χ0) is 22.8. The average molecular weight is 500 g/mol. The van der Waals surface area contributed by atoms with E-state index in [1.165, 1.54) is 17.1 Å². The van der Waals surface area contributed by atoms with E-state index in [1.54, 1.807) is 43.3 Å². The monoisotopic (exact) mass is 499 g/mol. The molecule has 2 atom stereocenters. The number of carbonyl (C=O) groups excluding carboxylic acids is 4. The van der Waals surface area contributed by atoms with Gasteiger partial charge in [-0.15, -0.1) is 0 Å². The number of hydrogen-bond acceptors (Lipinski definition) is 8. The fourth-order valence-electron chi connectivity index (χ4n) is 3.45. The molecule has 10 nitrogen and oxygen atoms in total. The molecule has 0 bridgehead atoms. The number of imide groups is 1. The first kappa shape index (κ1) is 21.6. The van der Waals surface area contributed by atoms with Crippen LogP contribution in [-0.4, -0.2) is 53.9 Å². The molecule has 1 N–H and O–H groups in total. The van der Waals surface area contributed by atoms with Gasteiger partial charge in [-0.3, -0.25) is 19.4 Å². The Morgan fingerprint density at radius 1 is 1.06 bits per heavy atom. The number of amides is 3. The SMILES string of the molecule is CCOC(=O)c1ccc(NC(=O)CN2N=N[C@H]3C(=O)N(c4ccc(Br)cc4)C(=O)[C@H]32)cc1. The van der Waals surface area contributed by atoms with Gasteiger partial charge in [-0.25, -0.2) is 9.69 Å². The minimum Gasteiger partial charge on any atom is -0.462 e. The van der Waals surface area contributed by atoms with Gasteiger partial charge in [0.1, 0.15) is 6.54 Å². The first-order chi connectivity index (χ1) is 15.4. The maximum atomic E-state index is 12.9. The van der Waals surface area contributed by atoms with Gasteiger partial charge in [-0.1, -0.05) is 21.2 Å². The van der Waals surface area contributed by atoms with Crippen molar-refractivity contribution in [3.05, 3.63) is 58.6 Å². The summed E-state index contributed by atoms with van der Waals surface area (Å²) in [6, 6.07) is 11.0. The molecule has 2 aliphatic heterocycles. The summed E-state index contributed by atoms with van der Waals surface area (Å²) in [5.41, 5.74) is 1.25. The van der Waals surface area contributed by atoms with E-state index in [0.29, 0.717) is 16.9 Å². The molecule has 1 fully saturated rings. The number of nitrogens with zero attached hydrogens (tertiary/aromatic N) is 4. The van der Waals surface area contributed by atoms with Gasteiger partial charge in [-0.05, 0) is 55.5 Å². The number of esters is 1. The van der Waals surface area contributed by atoms with E-state index in [2.05, 4.69) is 31.6 Å². The summed E-state index contributed by atoms with van der Waals surface area (Å²) in [5, 5.41) is 11.7. The number of carbonyl (C=O) groups is 4. The Kier molecular flexibility index (Phi) is 5.99. The van der Waals surface area contributed by atoms with Crippen LogP contribution in [0.2, 0.25) is 0 Å². The Morgan fingerprint density at radius 3 is 2.41 bits per heavy atom. The Hall–Kier alpha value is -3.60. The molecule has 0 saturated carbocycles. The fourth-order valence-corrected chi connectivity index (χ4v) is 3.71. The van der Waals surface area contributed by atoms with Crippen molar-refractivity contribution in [1.82, 2.24) is 5.01 Å². The van der Waals surface area contributed by atoms with Crippen LogP contribution in [0.5, 0.6) is 0 Å². The van der Waals surface area contributed by atoms with Gasteiger partial charge in [0.25, 0.3) is 11.8 Å². The Labute approximate surface area is 191 Å². The summed E-state index contributed by atoms with van der Waals surface area (Å²) in [6.45, 7) is 1.72. The molecule has 11 heteroatoms. The first-order valence-electron chi connectivity index (χ1n) is 9.77. The van der Waals surface area contributed by atoms with Crippen LogP contribution < -0.4 is 10.2 Å². The lowest BCUT2D eigenvalue weighted by Crippen LogP contribution is -2.43. The largest absolute Gasteiger partial charge is 0.462 e. The third kappa shape index (κ3) is 4.11. The molecule has 0 unspecified atom stereocenters. The van der Waals surface area contributed by atoms with Crippen molar-refractivity contribution in [3.8, 4) is 0 Å². The quantitative estimate of drug-likeness (QED) is 0.481. The van der Waals surface area contributed by atoms with Crippen molar-refractivity contribution < 1.29 is 23.9 Å². The smallest absolute Gasteiger partial charge is 0.338 e. The summed E-state index contributed by atoms with van der Waals surface area (Å²) >= 11 is 3.32. The van der Waals surface area contributed by atoms with Crippen LogP contribution in [-0.2, 0) is 19.1 Å². The average Bonchev–Trinajstić information content (AvgIpc) is 3.29. The molecule has 3 amide bonds. The van der Waals surface area contributed by atoms with E-state index in [9.17, 15) is 19.2 Å². The zero-order valence-electron chi connectivity index (χ0n) is 16.9. The van der Waals surface area contributed by atoms with E-state index >= 15 is 0 Å². The summed E-state index contributed by atoms with van der Waals surface area (Å²) in [7, 11) is 0. The summed E-state index contributed by atoms with van der Waals surface area (Å²) in [4.78, 5) is 50.9. The highest BCUT2D eigenvalue weighted by molar-refractivity contribution is 9.10. The fraction of sp³-hybridized carbons (Fsp3) is 0.238. The lowest BCUT2D eigenvalue weighted by atomic mass is 10.1. The molecular formula is C21H18BrN5O5. The van der Waals surface area contributed by atoms with Gasteiger partial charge >= 0.3 is 5.97 Å². The molecule has 0 aromatic heterocycles. The minimum atomic E-state index is -0.984. The number of halogens is 1. The second kappa shape index (κ2) is 8.87. The van der Waals surface area contributed by atoms with Gasteiger partial charge in [0.15, 0.2) is 12.1 Å². The topological polar surface area (TPSA) is 121 Å².